The quantitative estimate of drug-likeness (QED) is 0.708. The van der Waals surface area contributed by atoms with E-state index in [0.717, 1.165) is 23.8 Å². The Morgan fingerprint density at radius 2 is 1.46 bits per heavy atom. The second-order valence-electron chi connectivity index (χ2n) is 6.65. The summed E-state index contributed by atoms with van der Waals surface area (Å²) in [5.41, 5.74) is 1.22. The third kappa shape index (κ3) is 5.38. The van der Waals surface area contributed by atoms with Crippen LogP contribution in [0.3, 0.4) is 0 Å². The topological polar surface area (TPSA) is 51.2 Å². The van der Waals surface area contributed by atoms with Gasteiger partial charge in [-0.3, -0.25) is 4.90 Å². The van der Waals surface area contributed by atoms with Gasteiger partial charge in [0, 0.05) is 19.1 Å². The lowest BCUT2D eigenvalue weighted by Gasteiger charge is -2.25. The highest BCUT2D eigenvalue weighted by molar-refractivity contribution is 5.31. The molecule has 1 saturated carbocycles. The molecule has 1 atom stereocenters. The molecule has 0 saturated heterocycles. The summed E-state index contributed by atoms with van der Waals surface area (Å²) in [5, 5.41) is 10.4. The lowest BCUT2D eigenvalue weighted by atomic mass is 10.2. The molecule has 2 aromatic carbocycles. The van der Waals surface area contributed by atoms with Crippen LogP contribution in [0.5, 0.6) is 17.2 Å². The molecule has 0 aromatic heterocycles. The van der Waals surface area contributed by atoms with Crippen molar-refractivity contribution in [3.05, 3.63) is 54.1 Å². The number of aliphatic hydroxyl groups excluding tert-OH is 1. The van der Waals surface area contributed by atoms with Crippen LogP contribution in [0, 0.1) is 0 Å². The fraction of sp³-hybridized carbons (Fsp3) is 0.429. The Morgan fingerprint density at radius 1 is 0.923 bits per heavy atom. The molecule has 26 heavy (non-hydrogen) atoms. The van der Waals surface area contributed by atoms with Crippen molar-refractivity contribution in [2.24, 2.45) is 0 Å². The molecular formula is C21H27NO4. The maximum Gasteiger partial charge on any atom is 0.119 e. The fourth-order valence-corrected chi connectivity index (χ4v) is 2.94. The molecule has 5 heteroatoms. The second-order valence-corrected chi connectivity index (χ2v) is 6.65. The largest absolute Gasteiger partial charge is 0.497 e. The zero-order valence-corrected chi connectivity index (χ0v) is 15.4. The number of hydrogen-bond donors (Lipinski definition) is 1. The summed E-state index contributed by atoms with van der Waals surface area (Å²) in [7, 11) is 3.31. The zero-order valence-electron chi connectivity index (χ0n) is 15.4. The second kappa shape index (κ2) is 8.92. The Bertz CT molecular complexity index is 667. The molecule has 1 aliphatic rings. The first-order valence-electron chi connectivity index (χ1n) is 9.00. The molecule has 1 fully saturated rings. The molecule has 3 rings (SSSR count). The summed E-state index contributed by atoms with van der Waals surface area (Å²) in [6, 6.07) is 16.1. The molecule has 0 aliphatic heterocycles. The van der Waals surface area contributed by atoms with E-state index in [0.29, 0.717) is 12.6 Å². The van der Waals surface area contributed by atoms with Gasteiger partial charge in [0.1, 0.15) is 30.0 Å². The molecule has 1 unspecified atom stereocenters. The van der Waals surface area contributed by atoms with Gasteiger partial charge in [0.05, 0.1) is 14.2 Å². The minimum absolute atomic E-state index is 0.276. The molecule has 0 amide bonds. The van der Waals surface area contributed by atoms with E-state index in [1.54, 1.807) is 14.2 Å². The number of methoxy groups -OCH3 is 2. The Morgan fingerprint density at radius 3 is 2.00 bits per heavy atom. The van der Waals surface area contributed by atoms with Crippen LogP contribution < -0.4 is 14.2 Å². The Kier molecular flexibility index (Phi) is 6.36. The van der Waals surface area contributed by atoms with Gasteiger partial charge in [-0.15, -0.1) is 0 Å². The molecule has 0 bridgehead atoms. The fourth-order valence-electron chi connectivity index (χ4n) is 2.94. The molecule has 0 radical (unpaired) electrons. The zero-order chi connectivity index (χ0) is 18.4. The first-order valence-corrected chi connectivity index (χ1v) is 9.00. The minimum atomic E-state index is -0.532. The van der Waals surface area contributed by atoms with E-state index in [1.807, 2.05) is 36.4 Å². The molecule has 0 heterocycles. The van der Waals surface area contributed by atoms with Crippen LogP contribution >= 0.6 is 0 Å². The molecule has 1 N–H and O–H groups in total. The van der Waals surface area contributed by atoms with Crippen molar-refractivity contribution < 1.29 is 19.3 Å². The van der Waals surface area contributed by atoms with Crippen molar-refractivity contribution in [3.8, 4) is 17.2 Å². The van der Waals surface area contributed by atoms with Gasteiger partial charge in [-0.05, 0) is 54.8 Å². The Labute approximate surface area is 155 Å². The van der Waals surface area contributed by atoms with Crippen LogP contribution in [0.25, 0.3) is 0 Å². The van der Waals surface area contributed by atoms with Crippen LogP contribution in [0.2, 0.25) is 0 Å². The monoisotopic (exact) mass is 357 g/mol. The standard InChI is InChI=1S/C21H27NO4/c1-24-19-7-3-16(4-8-19)13-22(17-5-6-17)14-18(23)15-26-21-11-9-20(25-2)10-12-21/h3-4,7-12,17-18,23H,5-6,13-15H2,1-2H3. The Hall–Kier alpha value is -2.24. The number of benzene rings is 2. The molecule has 1 aliphatic carbocycles. The summed E-state index contributed by atoms with van der Waals surface area (Å²) in [4.78, 5) is 2.34. The number of nitrogens with zero attached hydrogens (tertiary/aromatic N) is 1. The lowest BCUT2D eigenvalue weighted by molar-refractivity contribution is 0.0626. The SMILES string of the molecule is COc1ccc(CN(CC(O)COc2ccc(OC)cc2)C2CC2)cc1. The van der Waals surface area contributed by atoms with Crippen LogP contribution in [-0.4, -0.2) is 49.5 Å². The summed E-state index contributed by atoms with van der Waals surface area (Å²) < 4.78 is 16.0. The van der Waals surface area contributed by atoms with Gasteiger partial charge in [-0.25, -0.2) is 0 Å². The van der Waals surface area contributed by atoms with Crippen molar-refractivity contribution in [2.75, 3.05) is 27.4 Å². The molecular weight excluding hydrogens is 330 g/mol. The van der Waals surface area contributed by atoms with Crippen LogP contribution in [0.15, 0.2) is 48.5 Å². The Balaban J connectivity index is 1.50. The maximum absolute atomic E-state index is 10.4. The van der Waals surface area contributed by atoms with E-state index in [9.17, 15) is 5.11 Å². The third-order valence-corrected chi connectivity index (χ3v) is 4.56. The predicted molar refractivity (Wildman–Crippen MR) is 101 cm³/mol. The van der Waals surface area contributed by atoms with E-state index < -0.39 is 6.10 Å². The van der Waals surface area contributed by atoms with Gasteiger partial charge >= 0.3 is 0 Å². The summed E-state index contributed by atoms with van der Waals surface area (Å²) in [5.74, 6) is 2.38. The predicted octanol–water partition coefficient (Wildman–Crippen LogP) is 3.11. The number of hydrogen-bond acceptors (Lipinski definition) is 5. The summed E-state index contributed by atoms with van der Waals surface area (Å²) in [6.45, 7) is 1.71. The van der Waals surface area contributed by atoms with Crippen molar-refractivity contribution in [1.29, 1.82) is 0 Å². The first-order chi connectivity index (χ1) is 12.7. The van der Waals surface area contributed by atoms with E-state index in [1.165, 1.54) is 18.4 Å². The van der Waals surface area contributed by atoms with E-state index in [2.05, 4.69) is 17.0 Å². The van der Waals surface area contributed by atoms with E-state index >= 15 is 0 Å². The van der Waals surface area contributed by atoms with Crippen molar-refractivity contribution in [1.82, 2.24) is 4.90 Å². The van der Waals surface area contributed by atoms with Crippen LogP contribution in [0.4, 0.5) is 0 Å². The van der Waals surface area contributed by atoms with E-state index in [-0.39, 0.29) is 6.61 Å². The molecule has 2 aromatic rings. The molecule has 5 nitrogen and oxygen atoms in total. The van der Waals surface area contributed by atoms with Crippen molar-refractivity contribution in [3.63, 3.8) is 0 Å². The average molecular weight is 357 g/mol. The van der Waals surface area contributed by atoms with Crippen molar-refractivity contribution >= 4 is 0 Å². The maximum atomic E-state index is 10.4. The summed E-state index contributed by atoms with van der Waals surface area (Å²) in [6.07, 6.45) is 1.86. The van der Waals surface area contributed by atoms with Gasteiger partial charge in [0.2, 0.25) is 0 Å². The highest BCUT2D eigenvalue weighted by atomic mass is 16.5. The number of rotatable bonds is 10. The normalized spacial score (nSPS) is 14.9. The number of aliphatic hydroxyl groups is 1. The van der Waals surface area contributed by atoms with Gasteiger partial charge in [0.25, 0.3) is 0 Å². The number of ether oxygens (including phenoxy) is 3. The van der Waals surface area contributed by atoms with E-state index in [4.69, 9.17) is 14.2 Å². The average Bonchev–Trinajstić information content (AvgIpc) is 3.52. The van der Waals surface area contributed by atoms with Gasteiger partial charge in [-0.1, -0.05) is 12.1 Å². The first kappa shape index (κ1) is 18.5. The smallest absolute Gasteiger partial charge is 0.119 e. The highest BCUT2D eigenvalue weighted by Gasteiger charge is 2.30. The van der Waals surface area contributed by atoms with Crippen LogP contribution in [-0.2, 0) is 6.54 Å². The molecule has 140 valence electrons. The van der Waals surface area contributed by atoms with Crippen molar-refractivity contribution in [2.45, 2.75) is 31.5 Å². The van der Waals surface area contributed by atoms with Gasteiger partial charge in [-0.2, -0.15) is 0 Å². The molecule has 0 spiro atoms. The van der Waals surface area contributed by atoms with Gasteiger partial charge < -0.3 is 19.3 Å². The highest BCUT2D eigenvalue weighted by Crippen LogP contribution is 2.29. The summed E-state index contributed by atoms with van der Waals surface area (Å²) >= 11 is 0. The third-order valence-electron chi connectivity index (χ3n) is 4.56. The lowest BCUT2D eigenvalue weighted by Crippen LogP contribution is -2.36. The van der Waals surface area contributed by atoms with Crippen LogP contribution in [0.1, 0.15) is 18.4 Å². The minimum Gasteiger partial charge on any atom is -0.497 e. The van der Waals surface area contributed by atoms with Gasteiger partial charge in [0.15, 0.2) is 0 Å².